The molecule has 1 heterocycles. The quantitative estimate of drug-likeness (QED) is 0.565. The zero-order valence-electron chi connectivity index (χ0n) is 15.7. The molecule has 1 aromatic heterocycles. The predicted molar refractivity (Wildman–Crippen MR) is 108 cm³/mol. The van der Waals surface area contributed by atoms with Gasteiger partial charge in [0.2, 0.25) is 0 Å². The number of nitrogen functional groups attached to an aromatic ring is 1. The number of aromatic nitrogens is 2. The van der Waals surface area contributed by atoms with Crippen molar-refractivity contribution in [2.24, 2.45) is 0 Å². The van der Waals surface area contributed by atoms with Gasteiger partial charge in [-0.3, -0.25) is 4.79 Å². The van der Waals surface area contributed by atoms with E-state index < -0.39 is 9.84 Å². The lowest BCUT2D eigenvalue weighted by Gasteiger charge is -2.08. The first kappa shape index (κ1) is 20.5. The number of carbonyl (C=O) groups excluding carboxylic acids is 1. The van der Waals surface area contributed by atoms with Crippen LogP contribution in [0.5, 0.6) is 5.75 Å². The van der Waals surface area contributed by atoms with Gasteiger partial charge in [-0.25, -0.2) is 17.5 Å². The second kappa shape index (κ2) is 8.44. The van der Waals surface area contributed by atoms with Crippen molar-refractivity contribution in [3.05, 3.63) is 71.7 Å². The molecule has 0 saturated heterocycles. The molecule has 0 atom stereocenters. The molecule has 2 N–H and O–H groups in total. The van der Waals surface area contributed by atoms with E-state index in [0.29, 0.717) is 17.0 Å². The monoisotopic (exact) mass is 417 g/mol. The van der Waals surface area contributed by atoms with Gasteiger partial charge in [0.1, 0.15) is 24.0 Å². The van der Waals surface area contributed by atoms with E-state index in [-0.39, 0.29) is 41.1 Å². The van der Waals surface area contributed by atoms with Crippen LogP contribution >= 0.6 is 0 Å². The molecule has 0 bridgehead atoms. The highest BCUT2D eigenvalue weighted by atomic mass is 32.2. The first-order valence-corrected chi connectivity index (χ1v) is 10.7. The van der Waals surface area contributed by atoms with E-state index in [9.17, 15) is 17.6 Å². The first-order chi connectivity index (χ1) is 13.8. The van der Waals surface area contributed by atoms with Gasteiger partial charge >= 0.3 is 0 Å². The van der Waals surface area contributed by atoms with Crippen LogP contribution in [0, 0.1) is 5.82 Å². The maximum atomic E-state index is 13.1. The summed E-state index contributed by atoms with van der Waals surface area (Å²) in [6.07, 6.45) is 1.35. The molecule has 0 aliphatic heterocycles. The van der Waals surface area contributed by atoms with E-state index in [1.54, 1.807) is 25.1 Å². The summed E-state index contributed by atoms with van der Waals surface area (Å²) in [4.78, 5) is 12.9. The second-order valence-corrected chi connectivity index (χ2v) is 8.75. The molecule has 0 saturated carbocycles. The Kier molecular flexibility index (Phi) is 5.97. The zero-order chi connectivity index (χ0) is 21.0. The number of hydrogen-bond donors (Lipinski definition) is 1. The van der Waals surface area contributed by atoms with Crippen molar-refractivity contribution in [3.8, 4) is 11.4 Å². The van der Waals surface area contributed by atoms with E-state index in [1.807, 2.05) is 0 Å². The number of anilines is 1. The Morgan fingerprint density at radius 1 is 1.21 bits per heavy atom. The molecule has 0 radical (unpaired) electrons. The van der Waals surface area contributed by atoms with E-state index in [4.69, 9.17) is 10.5 Å². The minimum atomic E-state index is -3.13. The summed E-state index contributed by atoms with van der Waals surface area (Å²) in [6, 6.07) is 12.0. The van der Waals surface area contributed by atoms with Gasteiger partial charge in [-0.15, -0.1) is 0 Å². The Bertz CT molecular complexity index is 1120. The Hall–Kier alpha value is -3.20. The number of sulfone groups is 1. The van der Waals surface area contributed by atoms with Crippen molar-refractivity contribution >= 4 is 21.4 Å². The lowest BCUT2D eigenvalue weighted by molar-refractivity contribution is 0.103. The van der Waals surface area contributed by atoms with E-state index in [0.717, 1.165) is 0 Å². The van der Waals surface area contributed by atoms with Gasteiger partial charge in [-0.2, -0.15) is 5.10 Å². The summed E-state index contributed by atoms with van der Waals surface area (Å²) in [5, 5.41) is 4.12. The lowest BCUT2D eigenvalue weighted by Crippen LogP contribution is -2.15. The van der Waals surface area contributed by atoms with Crippen LogP contribution in [-0.2, 0) is 9.84 Å². The summed E-state index contributed by atoms with van der Waals surface area (Å²) in [7, 11) is -3.13. The van der Waals surface area contributed by atoms with Crippen LogP contribution in [0.2, 0.25) is 0 Å². The molecule has 3 aromatic rings. The first-order valence-electron chi connectivity index (χ1n) is 8.88. The molecule has 0 aliphatic rings. The Morgan fingerprint density at radius 2 is 1.93 bits per heavy atom. The highest BCUT2D eigenvalue weighted by Gasteiger charge is 2.18. The third kappa shape index (κ3) is 4.80. The number of nitrogens with two attached hydrogens (primary N) is 1. The number of halogens is 1. The van der Waals surface area contributed by atoms with Gasteiger partial charge < -0.3 is 10.5 Å². The van der Waals surface area contributed by atoms with Gasteiger partial charge in [-0.05, 0) is 36.4 Å². The van der Waals surface area contributed by atoms with Crippen LogP contribution in [0.4, 0.5) is 10.2 Å². The maximum absolute atomic E-state index is 13.1. The van der Waals surface area contributed by atoms with Crippen LogP contribution < -0.4 is 10.5 Å². The van der Waals surface area contributed by atoms with Crippen LogP contribution in [-0.4, -0.2) is 42.1 Å². The molecular weight excluding hydrogens is 397 g/mol. The van der Waals surface area contributed by atoms with E-state index in [2.05, 4.69) is 5.10 Å². The molecule has 9 heteroatoms. The molecule has 0 fully saturated rings. The number of ketones is 1. The molecule has 152 valence electrons. The van der Waals surface area contributed by atoms with Gasteiger partial charge in [0.05, 0.1) is 23.2 Å². The van der Waals surface area contributed by atoms with Crippen LogP contribution in [0.1, 0.15) is 22.8 Å². The molecular formula is C20H20FN3O4S. The van der Waals surface area contributed by atoms with Gasteiger partial charge in [0.25, 0.3) is 0 Å². The number of carbonyl (C=O) groups is 1. The molecule has 3 rings (SSSR count). The van der Waals surface area contributed by atoms with Crippen molar-refractivity contribution in [2.75, 3.05) is 23.8 Å². The summed E-state index contributed by atoms with van der Waals surface area (Å²) >= 11 is 0. The zero-order valence-corrected chi connectivity index (χ0v) is 16.5. The highest BCUT2D eigenvalue weighted by Crippen LogP contribution is 2.22. The highest BCUT2D eigenvalue weighted by molar-refractivity contribution is 7.91. The minimum Gasteiger partial charge on any atom is -0.493 e. The second-order valence-electron chi connectivity index (χ2n) is 6.27. The minimum absolute atomic E-state index is 0.00153. The number of rotatable bonds is 8. The predicted octanol–water partition coefficient (Wildman–Crippen LogP) is 2.64. The Morgan fingerprint density at radius 3 is 2.62 bits per heavy atom. The largest absolute Gasteiger partial charge is 0.493 e. The molecule has 29 heavy (non-hydrogen) atoms. The fourth-order valence-electron chi connectivity index (χ4n) is 2.63. The Labute approximate surface area is 167 Å². The normalized spacial score (nSPS) is 11.4. The molecule has 0 unspecified atom stereocenters. The number of hydrogen-bond acceptors (Lipinski definition) is 6. The number of ether oxygens (including phenoxy) is 1. The van der Waals surface area contributed by atoms with Crippen LogP contribution in [0.25, 0.3) is 5.69 Å². The third-order valence-electron chi connectivity index (χ3n) is 4.32. The molecule has 0 aliphatic carbocycles. The van der Waals surface area contributed by atoms with Crippen molar-refractivity contribution in [3.63, 3.8) is 0 Å². The average Bonchev–Trinajstić information content (AvgIpc) is 3.09. The van der Waals surface area contributed by atoms with Crippen molar-refractivity contribution in [1.29, 1.82) is 0 Å². The van der Waals surface area contributed by atoms with Gasteiger partial charge in [-0.1, -0.05) is 19.1 Å². The Balaban J connectivity index is 1.78. The topological polar surface area (TPSA) is 104 Å². The summed E-state index contributed by atoms with van der Waals surface area (Å²) in [6.45, 7) is 1.57. The smallest absolute Gasteiger partial charge is 0.198 e. The summed E-state index contributed by atoms with van der Waals surface area (Å²) < 4.78 is 43.0. The SMILES string of the molecule is CCS(=O)(=O)CCOc1cccc(C(=O)c2cnn(-c3ccc(F)cc3)c2N)c1. The average molecular weight is 417 g/mol. The van der Waals surface area contributed by atoms with Crippen molar-refractivity contribution < 1.29 is 22.3 Å². The molecule has 7 nitrogen and oxygen atoms in total. The number of nitrogens with zero attached hydrogens (tertiary/aromatic N) is 2. The molecule has 0 amide bonds. The fourth-order valence-corrected chi connectivity index (χ4v) is 3.26. The standard InChI is InChI=1S/C20H20FN3O4S/c1-2-29(26,27)11-10-28-17-5-3-4-14(12-17)19(25)18-13-23-24(20(18)22)16-8-6-15(21)7-9-16/h3-9,12-13H,2,10-11,22H2,1H3. The fraction of sp³-hybridized carbons (Fsp3) is 0.200. The number of benzene rings is 2. The maximum Gasteiger partial charge on any atom is 0.198 e. The van der Waals surface area contributed by atoms with Crippen molar-refractivity contribution in [2.45, 2.75) is 6.92 Å². The lowest BCUT2D eigenvalue weighted by atomic mass is 10.1. The summed E-state index contributed by atoms with van der Waals surface area (Å²) in [5.74, 6) is -0.291. The third-order valence-corrected chi connectivity index (χ3v) is 5.99. The van der Waals surface area contributed by atoms with Crippen molar-refractivity contribution in [1.82, 2.24) is 9.78 Å². The summed E-state index contributed by atoms with van der Waals surface area (Å²) in [5.41, 5.74) is 7.13. The van der Waals surface area contributed by atoms with Gasteiger partial charge in [0.15, 0.2) is 15.6 Å². The van der Waals surface area contributed by atoms with E-state index >= 15 is 0 Å². The van der Waals surface area contributed by atoms with Crippen LogP contribution in [0.15, 0.2) is 54.7 Å². The molecule has 0 spiro atoms. The molecule has 2 aromatic carbocycles. The van der Waals surface area contributed by atoms with E-state index in [1.165, 1.54) is 41.2 Å². The van der Waals surface area contributed by atoms with Gasteiger partial charge in [0, 0.05) is 11.3 Å². The van der Waals surface area contributed by atoms with Crippen LogP contribution in [0.3, 0.4) is 0 Å².